The summed E-state index contributed by atoms with van der Waals surface area (Å²) in [6, 6.07) is 10.5. The molecule has 0 heterocycles. The Bertz CT molecular complexity index is 945. The van der Waals surface area contributed by atoms with Crippen LogP contribution in [0.1, 0.15) is 5.56 Å². The van der Waals surface area contributed by atoms with Gasteiger partial charge in [0.1, 0.15) is 17.4 Å². The maximum Gasteiger partial charge on any atom is 0.315 e. The van der Waals surface area contributed by atoms with Gasteiger partial charge in [0, 0.05) is 11.8 Å². The number of methoxy groups -OCH3 is 2. The summed E-state index contributed by atoms with van der Waals surface area (Å²) in [5.74, 6) is -0.881. The van der Waals surface area contributed by atoms with Crippen molar-refractivity contribution < 1.29 is 24.3 Å². The van der Waals surface area contributed by atoms with Crippen LogP contribution in [0.4, 0.5) is 11.4 Å². The summed E-state index contributed by atoms with van der Waals surface area (Å²) in [5, 5.41) is 32.6. The van der Waals surface area contributed by atoms with Gasteiger partial charge in [-0.05, 0) is 42.0 Å². The van der Waals surface area contributed by atoms with Gasteiger partial charge in [-0.15, -0.1) is 0 Å². The molecule has 2 rings (SSSR count). The lowest BCUT2D eigenvalue weighted by atomic mass is 10.1. The van der Waals surface area contributed by atoms with E-state index < -0.39 is 22.3 Å². The number of carbonyl (C=O) groups excluding carboxylic acids is 1. The molecule has 0 aliphatic rings. The molecule has 27 heavy (non-hydrogen) atoms. The van der Waals surface area contributed by atoms with Gasteiger partial charge in [-0.1, -0.05) is 0 Å². The number of phenols is 1. The molecule has 0 aliphatic carbocycles. The Balaban J connectivity index is 2.34. The number of nitro benzene ring substituents is 1. The number of nitro groups is 1. The zero-order valence-corrected chi connectivity index (χ0v) is 14.4. The zero-order valence-electron chi connectivity index (χ0n) is 14.4. The van der Waals surface area contributed by atoms with E-state index in [0.29, 0.717) is 11.4 Å². The number of nitrogens with one attached hydrogen (secondary N) is 1. The van der Waals surface area contributed by atoms with Crippen LogP contribution >= 0.6 is 0 Å². The number of phenolic OH excluding ortho intramolecular Hbond substituents is 1. The van der Waals surface area contributed by atoms with Crippen LogP contribution in [0, 0.1) is 21.4 Å². The van der Waals surface area contributed by atoms with Crippen LogP contribution in [-0.4, -0.2) is 30.2 Å². The van der Waals surface area contributed by atoms with Gasteiger partial charge in [-0.3, -0.25) is 14.9 Å². The van der Waals surface area contributed by atoms with Crippen LogP contribution in [0.5, 0.6) is 17.2 Å². The molecule has 0 spiro atoms. The third-order valence-corrected chi connectivity index (χ3v) is 3.52. The molecule has 2 aromatic carbocycles. The first kappa shape index (κ1) is 19.3. The van der Waals surface area contributed by atoms with E-state index >= 15 is 0 Å². The molecular weight excluding hydrogens is 354 g/mol. The van der Waals surface area contributed by atoms with Crippen molar-refractivity contribution in [2.45, 2.75) is 0 Å². The van der Waals surface area contributed by atoms with Gasteiger partial charge < -0.3 is 19.9 Å². The van der Waals surface area contributed by atoms with Crippen molar-refractivity contribution in [3.05, 3.63) is 57.6 Å². The second kappa shape index (κ2) is 8.35. The largest absolute Gasteiger partial charge is 0.500 e. The highest BCUT2D eigenvalue weighted by Crippen LogP contribution is 2.37. The second-order valence-electron chi connectivity index (χ2n) is 5.20. The highest BCUT2D eigenvalue weighted by atomic mass is 16.6. The monoisotopic (exact) mass is 369 g/mol. The number of carbonyl (C=O) groups is 1. The number of ether oxygens (including phenoxy) is 2. The zero-order chi connectivity index (χ0) is 20.0. The predicted molar refractivity (Wildman–Crippen MR) is 96.5 cm³/mol. The predicted octanol–water partition coefficient (Wildman–Crippen LogP) is 2.86. The lowest BCUT2D eigenvalue weighted by Gasteiger charge is -2.07. The molecule has 0 bridgehead atoms. The van der Waals surface area contributed by atoms with Gasteiger partial charge in [-0.25, -0.2) is 0 Å². The molecule has 0 saturated heterocycles. The van der Waals surface area contributed by atoms with Gasteiger partial charge in [0.2, 0.25) is 5.75 Å². The summed E-state index contributed by atoms with van der Waals surface area (Å²) in [4.78, 5) is 22.5. The Kier molecular flexibility index (Phi) is 5.96. The molecule has 0 radical (unpaired) electrons. The van der Waals surface area contributed by atoms with E-state index in [-0.39, 0.29) is 16.9 Å². The average molecular weight is 369 g/mol. The van der Waals surface area contributed by atoms with Crippen molar-refractivity contribution >= 4 is 23.4 Å². The maximum absolute atomic E-state index is 12.3. The normalized spacial score (nSPS) is 10.6. The minimum atomic E-state index is -0.793. The maximum atomic E-state index is 12.3. The summed E-state index contributed by atoms with van der Waals surface area (Å²) in [6.07, 6.45) is 1.16. The van der Waals surface area contributed by atoms with Gasteiger partial charge in [0.15, 0.2) is 5.75 Å². The molecule has 2 N–H and O–H groups in total. The number of rotatable bonds is 6. The highest BCUT2D eigenvalue weighted by molar-refractivity contribution is 6.09. The van der Waals surface area contributed by atoms with Crippen LogP contribution in [0.15, 0.2) is 42.0 Å². The topological polar surface area (TPSA) is 135 Å². The van der Waals surface area contributed by atoms with Crippen molar-refractivity contribution in [3.63, 3.8) is 0 Å². The molecule has 0 aliphatic heterocycles. The van der Waals surface area contributed by atoms with Crippen molar-refractivity contribution in [1.29, 1.82) is 5.26 Å². The summed E-state index contributed by atoms with van der Waals surface area (Å²) in [7, 11) is 2.74. The Hall–Kier alpha value is -4.06. The second-order valence-corrected chi connectivity index (χ2v) is 5.20. The molecule has 138 valence electrons. The van der Waals surface area contributed by atoms with Crippen LogP contribution in [0.25, 0.3) is 6.08 Å². The molecular formula is C18H15N3O6. The number of anilines is 1. The van der Waals surface area contributed by atoms with Crippen LogP contribution in [-0.2, 0) is 4.79 Å². The van der Waals surface area contributed by atoms with Crippen LogP contribution in [0.2, 0.25) is 0 Å². The summed E-state index contributed by atoms with van der Waals surface area (Å²) in [5.41, 5.74) is -0.296. The fourth-order valence-corrected chi connectivity index (χ4v) is 2.18. The summed E-state index contributed by atoms with van der Waals surface area (Å²) >= 11 is 0. The average Bonchev–Trinajstić information content (AvgIpc) is 2.67. The molecule has 0 saturated carbocycles. The first-order valence-corrected chi connectivity index (χ1v) is 7.52. The lowest BCUT2D eigenvalue weighted by Crippen LogP contribution is -2.13. The number of amides is 1. The Morgan fingerprint density at radius 2 is 1.93 bits per heavy atom. The standard InChI is InChI=1S/C18H15N3O6/c1-26-14-5-3-13(4-6-14)20-18(23)12(10-19)7-11-8-15(21(24)25)17(22)16(9-11)27-2/h3-9,22H,1-2H3,(H,20,23)/b12-7-. The number of aromatic hydroxyl groups is 1. The lowest BCUT2D eigenvalue weighted by molar-refractivity contribution is -0.386. The molecule has 9 heteroatoms. The van der Waals surface area contributed by atoms with E-state index in [2.05, 4.69) is 5.32 Å². The first-order chi connectivity index (χ1) is 12.9. The first-order valence-electron chi connectivity index (χ1n) is 7.52. The third-order valence-electron chi connectivity index (χ3n) is 3.52. The fourth-order valence-electron chi connectivity index (χ4n) is 2.18. The van der Waals surface area contributed by atoms with E-state index in [1.54, 1.807) is 30.3 Å². The molecule has 0 atom stereocenters. The Morgan fingerprint density at radius 1 is 1.26 bits per heavy atom. The van der Waals surface area contributed by atoms with Gasteiger partial charge in [-0.2, -0.15) is 5.26 Å². The van der Waals surface area contributed by atoms with E-state index in [4.69, 9.17) is 9.47 Å². The number of benzene rings is 2. The van der Waals surface area contributed by atoms with E-state index in [9.17, 15) is 25.3 Å². The van der Waals surface area contributed by atoms with Gasteiger partial charge in [0.05, 0.1) is 19.1 Å². The van der Waals surface area contributed by atoms with Gasteiger partial charge >= 0.3 is 5.69 Å². The molecule has 0 unspecified atom stereocenters. The quantitative estimate of drug-likeness (QED) is 0.346. The Morgan fingerprint density at radius 3 is 2.44 bits per heavy atom. The smallest absolute Gasteiger partial charge is 0.315 e. The van der Waals surface area contributed by atoms with Crippen molar-refractivity contribution in [3.8, 4) is 23.3 Å². The number of nitriles is 1. The Labute approximate surface area is 154 Å². The molecule has 9 nitrogen and oxygen atoms in total. The highest BCUT2D eigenvalue weighted by Gasteiger charge is 2.20. The van der Waals surface area contributed by atoms with Gasteiger partial charge in [0.25, 0.3) is 5.91 Å². The SMILES string of the molecule is COc1ccc(NC(=O)/C(C#N)=C\c2cc(OC)c(O)c([N+](=O)[O-])c2)cc1. The number of hydrogen-bond acceptors (Lipinski definition) is 7. The molecule has 1 amide bonds. The van der Waals surface area contributed by atoms with E-state index in [1.807, 2.05) is 0 Å². The fraction of sp³-hybridized carbons (Fsp3) is 0.111. The summed E-state index contributed by atoms with van der Waals surface area (Å²) in [6.45, 7) is 0. The molecule has 0 aromatic heterocycles. The van der Waals surface area contributed by atoms with E-state index in [0.717, 1.165) is 12.1 Å². The minimum Gasteiger partial charge on any atom is -0.500 e. The number of nitrogens with zero attached hydrogens (tertiary/aromatic N) is 2. The van der Waals surface area contributed by atoms with Crippen LogP contribution < -0.4 is 14.8 Å². The number of hydrogen-bond donors (Lipinski definition) is 2. The van der Waals surface area contributed by atoms with Crippen molar-refractivity contribution in [2.75, 3.05) is 19.5 Å². The minimum absolute atomic E-state index is 0.150. The van der Waals surface area contributed by atoms with Crippen molar-refractivity contribution in [1.82, 2.24) is 0 Å². The molecule has 2 aromatic rings. The van der Waals surface area contributed by atoms with Crippen molar-refractivity contribution in [2.24, 2.45) is 0 Å². The summed E-state index contributed by atoms with van der Waals surface area (Å²) < 4.78 is 9.91. The molecule has 0 fully saturated rings. The third kappa shape index (κ3) is 4.52. The van der Waals surface area contributed by atoms with Crippen LogP contribution in [0.3, 0.4) is 0 Å². The van der Waals surface area contributed by atoms with E-state index in [1.165, 1.54) is 20.3 Å².